The van der Waals surface area contributed by atoms with Gasteiger partial charge >= 0.3 is 17.9 Å². The summed E-state index contributed by atoms with van der Waals surface area (Å²) in [6, 6.07) is 2.70. The average Bonchev–Trinajstić information content (AvgIpc) is 2.16. The number of carbonyl (C=O) groups is 3. The van der Waals surface area contributed by atoms with Crippen molar-refractivity contribution in [2.45, 2.75) is 0 Å². The first-order valence-corrected chi connectivity index (χ1v) is 3.77. The second-order valence-electron chi connectivity index (χ2n) is 2.71. The van der Waals surface area contributed by atoms with Gasteiger partial charge in [0.25, 0.3) is 0 Å². The van der Waals surface area contributed by atoms with Crippen LogP contribution in [0.5, 0.6) is 0 Å². The number of carboxylic acids is 3. The van der Waals surface area contributed by atoms with Crippen molar-refractivity contribution in [1.82, 2.24) is 0 Å². The summed E-state index contributed by atoms with van der Waals surface area (Å²) in [4.78, 5) is 31.7. The molecule has 0 spiro atoms. The van der Waals surface area contributed by atoms with Crippen molar-refractivity contribution in [3.63, 3.8) is 0 Å². The van der Waals surface area contributed by atoms with Crippen LogP contribution in [-0.2, 0) is 0 Å². The van der Waals surface area contributed by atoms with Gasteiger partial charge in [-0.15, -0.1) is 0 Å². The molecule has 0 heterocycles. The maximum absolute atomic E-state index is 10.6. The Hall–Kier alpha value is -1.11. The zero-order valence-corrected chi connectivity index (χ0v) is 10.2. The van der Waals surface area contributed by atoms with E-state index in [9.17, 15) is 14.4 Å². The van der Waals surface area contributed by atoms with E-state index in [0.29, 0.717) is 0 Å². The van der Waals surface area contributed by atoms with Crippen LogP contribution in [0.2, 0.25) is 0 Å². The summed E-state index contributed by atoms with van der Waals surface area (Å²) >= 11 is 0. The molecule has 1 aromatic carbocycles. The van der Waals surface area contributed by atoms with Crippen LogP contribution in [-0.4, -0.2) is 71.0 Å². The van der Waals surface area contributed by atoms with Gasteiger partial charge in [0.05, 0.1) is 16.7 Å². The summed E-state index contributed by atoms with van der Waals surface area (Å²) in [5.41, 5.74) is -1.10. The Morgan fingerprint density at radius 2 is 0.875 bits per heavy atom. The van der Waals surface area contributed by atoms with Crippen molar-refractivity contribution in [2.24, 2.45) is 0 Å². The fraction of sp³-hybridized carbons (Fsp3) is 0. The van der Waals surface area contributed by atoms with Gasteiger partial charge in [0.1, 0.15) is 0 Å². The van der Waals surface area contributed by atoms with E-state index in [4.69, 9.17) is 15.3 Å². The molecule has 0 atom stereocenters. The van der Waals surface area contributed by atoms with Crippen molar-refractivity contribution >= 4 is 55.6 Å². The molecule has 0 aromatic heterocycles. The van der Waals surface area contributed by atoms with Crippen molar-refractivity contribution in [1.29, 1.82) is 0 Å². The molecule has 0 aliphatic carbocycles. The van der Waals surface area contributed by atoms with E-state index in [2.05, 4.69) is 0 Å². The fourth-order valence-corrected chi connectivity index (χ4v) is 0.998. The van der Waals surface area contributed by atoms with E-state index in [1.165, 1.54) is 0 Å². The Balaban J connectivity index is 0.00000225. The molecule has 0 saturated carbocycles. The summed E-state index contributed by atoms with van der Waals surface area (Å²) in [5.74, 6) is -4.12. The first-order valence-electron chi connectivity index (χ1n) is 3.77. The quantitative estimate of drug-likeness (QED) is 0.669. The minimum absolute atomic E-state index is 0. The Labute approximate surface area is 120 Å². The van der Waals surface area contributed by atoms with Gasteiger partial charge in [-0.25, -0.2) is 14.4 Å². The van der Waals surface area contributed by atoms with Crippen LogP contribution in [0.15, 0.2) is 18.2 Å². The van der Waals surface area contributed by atoms with Gasteiger partial charge in [0.15, 0.2) is 0 Å². The number of carboxylic acid groups (broad SMARTS) is 3. The van der Waals surface area contributed by atoms with Gasteiger partial charge in [-0.1, -0.05) is 0 Å². The molecule has 7 heteroatoms. The maximum atomic E-state index is 10.6. The van der Waals surface area contributed by atoms with Gasteiger partial charge in [-0.2, -0.15) is 0 Å². The largest absolute Gasteiger partial charge is 0.478 e. The van der Waals surface area contributed by atoms with Crippen molar-refractivity contribution < 1.29 is 29.7 Å². The Kier molecular flexibility index (Phi) is 5.43. The molecule has 0 amide bonds. The minimum atomic E-state index is -1.37. The molecule has 0 aliphatic heterocycles. The van der Waals surface area contributed by atoms with Gasteiger partial charge in [0.2, 0.25) is 0 Å². The fourth-order valence-electron chi connectivity index (χ4n) is 0.998. The molecule has 6 nitrogen and oxygen atoms in total. The van der Waals surface area contributed by atoms with E-state index >= 15 is 0 Å². The number of hydrogen-bond acceptors (Lipinski definition) is 3. The molecule has 0 fully saturated rings. The molecule has 0 bridgehead atoms. The maximum Gasteiger partial charge on any atom is 0.335 e. The second kappa shape index (κ2) is 5.83. The molecule has 3 N–H and O–H groups in total. The molecule has 1 rings (SSSR count). The van der Waals surface area contributed by atoms with Crippen molar-refractivity contribution in [3.05, 3.63) is 34.9 Å². The van der Waals surface area contributed by atoms with E-state index < -0.39 is 17.9 Å². The van der Waals surface area contributed by atoms with Crippen LogP contribution >= 0.6 is 0 Å². The van der Waals surface area contributed by atoms with Crippen LogP contribution in [0.1, 0.15) is 31.1 Å². The topological polar surface area (TPSA) is 112 Å². The molecule has 2 radical (unpaired) electrons. The summed E-state index contributed by atoms with van der Waals surface area (Å²) in [5, 5.41) is 25.8. The van der Waals surface area contributed by atoms with Gasteiger partial charge < -0.3 is 15.3 Å². The third-order valence-corrected chi connectivity index (χ3v) is 1.67. The van der Waals surface area contributed by atoms with Crippen molar-refractivity contribution in [2.75, 3.05) is 0 Å². The van der Waals surface area contributed by atoms with Crippen LogP contribution in [0, 0.1) is 0 Å². The summed E-state index contributed by atoms with van der Waals surface area (Å²) in [6.45, 7) is 0. The molecule has 16 heavy (non-hydrogen) atoms. The average molecular weight is 250 g/mol. The zero-order valence-electron chi connectivity index (χ0n) is 8.01. The molecule has 0 aliphatic rings. The SMILES string of the molecule is O=C(O)c1cc(C(=O)O)cc(C(=O)O)c1.[Ca]. The van der Waals surface area contributed by atoms with Crippen LogP contribution < -0.4 is 0 Å². The van der Waals surface area contributed by atoms with Crippen LogP contribution in [0.25, 0.3) is 0 Å². The predicted octanol–water partition coefficient (Wildman–Crippen LogP) is 0.400. The molecule has 0 saturated heterocycles. The Bertz CT molecular complexity index is 374. The third kappa shape index (κ3) is 3.48. The third-order valence-electron chi connectivity index (χ3n) is 1.67. The van der Waals surface area contributed by atoms with Crippen LogP contribution in [0.3, 0.4) is 0 Å². The van der Waals surface area contributed by atoms with E-state index in [1.54, 1.807) is 0 Å². The standard InChI is InChI=1S/C9H6O6.Ca/c10-7(11)4-1-5(8(12)13)3-6(2-4)9(14)15;/h1-3H,(H,10,11)(H,12,13)(H,14,15);. The number of rotatable bonds is 3. The van der Waals surface area contributed by atoms with Gasteiger partial charge in [-0.05, 0) is 18.2 Å². The monoisotopic (exact) mass is 250 g/mol. The Morgan fingerprint density at radius 3 is 1.00 bits per heavy atom. The molecule has 0 unspecified atom stereocenters. The minimum Gasteiger partial charge on any atom is -0.478 e. The van der Waals surface area contributed by atoms with E-state index in [-0.39, 0.29) is 54.4 Å². The van der Waals surface area contributed by atoms with Gasteiger partial charge in [0, 0.05) is 37.7 Å². The molecule has 80 valence electrons. The molecular weight excluding hydrogens is 244 g/mol. The van der Waals surface area contributed by atoms with E-state index in [0.717, 1.165) is 18.2 Å². The smallest absolute Gasteiger partial charge is 0.335 e. The number of hydrogen-bond donors (Lipinski definition) is 3. The molecular formula is C9H6CaO6. The van der Waals surface area contributed by atoms with Crippen molar-refractivity contribution in [3.8, 4) is 0 Å². The first kappa shape index (κ1) is 14.9. The van der Waals surface area contributed by atoms with E-state index in [1.807, 2.05) is 0 Å². The predicted molar refractivity (Wildman–Crippen MR) is 53.1 cm³/mol. The number of benzene rings is 1. The van der Waals surface area contributed by atoms with Crippen LogP contribution in [0.4, 0.5) is 0 Å². The number of aromatic carboxylic acids is 3. The summed E-state index contributed by atoms with van der Waals surface area (Å²) in [7, 11) is 0. The summed E-state index contributed by atoms with van der Waals surface area (Å²) < 4.78 is 0. The Morgan fingerprint density at radius 1 is 0.688 bits per heavy atom. The van der Waals surface area contributed by atoms with Gasteiger partial charge in [-0.3, -0.25) is 0 Å². The first-order chi connectivity index (χ1) is 6.91. The second-order valence-corrected chi connectivity index (χ2v) is 2.71. The molecule has 1 aromatic rings. The summed E-state index contributed by atoms with van der Waals surface area (Å²) in [6.07, 6.45) is 0. The zero-order chi connectivity index (χ0) is 11.6. The normalized spacial score (nSPS) is 9.00.